The summed E-state index contributed by atoms with van der Waals surface area (Å²) in [5.74, 6) is -0.731. The fourth-order valence-electron chi connectivity index (χ4n) is 1.61. The van der Waals surface area contributed by atoms with Crippen LogP contribution in [-0.2, 0) is 9.53 Å². The number of nitrogens with one attached hydrogen (secondary N) is 1. The molecule has 116 valence electrons. The van der Waals surface area contributed by atoms with E-state index in [-0.39, 0.29) is 28.1 Å². The van der Waals surface area contributed by atoms with Crippen molar-refractivity contribution in [2.45, 2.75) is 0 Å². The Morgan fingerprint density at radius 2 is 2.05 bits per heavy atom. The molecule has 0 atom stereocenters. The minimum absolute atomic E-state index is 0.106. The number of ether oxygens (including phenoxy) is 1. The molecule has 0 unspecified atom stereocenters. The van der Waals surface area contributed by atoms with Crippen molar-refractivity contribution in [3.63, 3.8) is 0 Å². The van der Waals surface area contributed by atoms with Crippen LogP contribution in [-0.4, -0.2) is 50.6 Å². The maximum absolute atomic E-state index is 12.3. The van der Waals surface area contributed by atoms with Crippen molar-refractivity contribution >= 4 is 40.7 Å². The number of hydrogen-bond acceptors (Lipinski definition) is 4. The lowest BCUT2D eigenvalue weighted by Gasteiger charge is -2.18. The van der Waals surface area contributed by atoms with Gasteiger partial charge in [0.15, 0.2) is 0 Å². The molecule has 6 nitrogen and oxygen atoms in total. The molecule has 0 spiro atoms. The second-order valence-electron chi connectivity index (χ2n) is 4.37. The Labute approximate surface area is 133 Å². The van der Waals surface area contributed by atoms with E-state index >= 15 is 0 Å². The predicted octanol–water partition coefficient (Wildman–Crippen LogP) is 1.41. The molecule has 0 saturated carbocycles. The number of rotatable bonds is 6. The highest BCUT2D eigenvalue weighted by molar-refractivity contribution is 6.44. The quantitative estimate of drug-likeness (QED) is 0.609. The lowest BCUT2D eigenvalue weighted by Crippen LogP contribution is -2.39. The van der Waals surface area contributed by atoms with E-state index in [4.69, 9.17) is 33.7 Å². The molecule has 0 bridgehead atoms. The third-order valence-electron chi connectivity index (χ3n) is 2.64. The number of nitrogens with two attached hydrogens (primary N) is 1. The Balaban J connectivity index is 2.73. The van der Waals surface area contributed by atoms with Gasteiger partial charge in [0.25, 0.3) is 5.91 Å². The van der Waals surface area contributed by atoms with Crippen molar-refractivity contribution in [2.24, 2.45) is 0 Å². The Morgan fingerprint density at radius 1 is 1.38 bits per heavy atom. The maximum atomic E-state index is 12.3. The van der Waals surface area contributed by atoms with E-state index in [1.807, 2.05) is 0 Å². The number of benzene rings is 1. The van der Waals surface area contributed by atoms with Gasteiger partial charge in [0, 0.05) is 26.4 Å². The van der Waals surface area contributed by atoms with Crippen LogP contribution in [0, 0.1) is 0 Å². The van der Waals surface area contributed by atoms with E-state index < -0.39 is 5.91 Å². The van der Waals surface area contributed by atoms with Crippen LogP contribution in [0.4, 0.5) is 5.69 Å². The van der Waals surface area contributed by atoms with Crippen LogP contribution >= 0.6 is 23.2 Å². The Bertz CT molecular complexity index is 538. The van der Waals surface area contributed by atoms with Gasteiger partial charge in [-0.15, -0.1) is 0 Å². The van der Waals surface area contributed by atoms with Crippen molar-refractivity contribution in [2.75, 3.05) is 39.6 Å². The van der Waals surface area contributed by atoms with Crippen LogP contribution in [0.2, 0.25) is 10.0 Å². The average Bonchev–Trinajstić information content (AvgIpc) is 2.42. The summed E-state index contributed by atoms with van der Waals surface area (Å²) in [6.07, 6.45) is 0. The normalized spacial score (nSPS) is 10.3. The molecule has 8 heteroatoms. The standard InChI is InChI=1S/C13H17Cl2N3O3/c1-18(7-11(19)17-3-4-21-2)13(20)9-5-8(16)6-10(14)12(9)15/h5-6H,3-4,7,16H2,1-2H3,(H,17,19). The largest absolute Gasteiger partial charge is 0.399 e. The summed E-state index contributed by atoms with van der Waals surface area (Å²) in [5.41, 5.74) is 6.13. The first-order valence-corrected chi connectivity index (χ1v) is 6.88. The second kappa shape index (κ2) is 8.07. The Morgan fingerprint density at radius 3 is 2.67 bits per heavy atom. The van der Waals surface area contributed by atoms with Gasteiger partial charge in [-0.2, -0.15) is 0 Å². The first kappa shape index (κ1) is 17.6. The molecule has 1 aromatic rings. The minimum Gasteiger partial charge on any atom is -0.399 e. The lowest BCUT2D eigenvalue weighted by molar-refractivity contribution is -0.121. The summed E-state index contributed by atoms with van der Waals surface area (Å²) in [5, 5.41) is 2.92. The third-order valence-corrected chi connectivity index (χ3v) is 3.44. The van der Waals surface area contributed by atoms with Gasteiger partial charge < -0.3 is 20.7 Å². The van der Waals surface area contributed by atoms with E-state index in [9.17, 15) is 9.59 Å². The number of methoxy groups -OCH3 is 1. The molecule has 0 heterocycles. The van der Waals surface area contributed by atoms with E-state index in [1.165, 1.54) is 31.2 Å². The highest BCUT2D eigenvalue weighted by Gasteiger charge is 2.19. The van der Waals surface area contributed by atoms with Gasteiger partial charge in [-0.1, -0.05) is 23.2 Å². The number of halogens is 2. The molecule has 0 radical (unpaired) electrons. The van der Waals surface area contributed by atoms with E-state index in [0.717, 1.165) is 0 Å². The van der Waals surface area contributed by atoms with Crippen LogP contribution in [0.25, 0.3) is 0 Å². The zero-order valence-electron chi connectivity index (χ0n) is 11.8. The van der Waals surface area contributed by atoms with Crippen molar-refractivity contribution in [1.29, 1.82) is 0 Å². The number of nitrogen functional groups attached to an aromatic ring is 1. The topological polar surface area (TPSA) is 84.7 Å². The highest BCUT2D eigenvalue weighted by Crippen LogP contribution is 2.29. The Kier molecular flexibility index (Phi) is 6.74. The molecule has 2 amide bonds. The maximum Gasteiger partial charge on any atom is 0.255 e. The van der Waals surface area contributed by atoms with E-state index in [2.05, 4.69) is 5.32 Å². The van der Waals surface area contributed by atoms with Crippen molar-refractivity contribution < 1.29 is 14.3 Å². The molecular weight excluding hydrogens is 317 g/mol. The molecule has 0 aliphatic carbocycles. The number of amides is 2. The van der Waals surface area contributed by atoms with Crippen LogP contribution < -0.4 is 11.1 Å². The van der Waals surface area contributed by atoms with Crippen LogP contribution in [0.3, 0.4) is 0 Å². The predicted molar refractivity (Wildman–Crippen MR) is 82.7 cm³/mol. The summed E-state index contributed by atoms with van der Waals surface area (Å²) in [6.45, 7) is 0.674. The zero-order chi connectivity index (χ0) is 16.0. The zero-order valence-corrected chi connectivity index (χ0v) is 13.3. The number of hydrogen-bond donors (Lipinski definition) is 2. The average molecular weight is 334 g/mol. The van der Waals surface area contributed by atoms with Crippen molar-refractivity contribution in [1.82, 2.24) is 10.2 Å². The van der Waals surface area contributed by atoms with Crippen LogP contribution in [0.1, 0.15) is 10.4 Å². The van der Waals surface area contributed by atoms with Gasteiger partial charge >= 0.3 is 0 Å². The number of carbonyl (C=O) groups excluding carboxylic acids is 2. The smallest absolute Gasteiger partial charge is 0.255 e. The number of anilines is 1. The molecule has 0 aliphatic rings. The van der Waals surface area contributed by atoms with Gasteiger partial charge in [0.2, 0.25) is 5.91 Å². The summed E-state index contributed by atoms with van der Waals surface area (Å²) < 4.78 is 4.81. The summed E-state index contributed by atoms with van der Waals surface area (Å²) >= 11 is 11.9. The first-order chi connectivity index (χ1) is 9.86. The van der Waals surface area contributed by atoms with Gasteiger partial charge in [0.05, 0.1) is 28.8 Å². The first-order valence-electron chi connectivity index (χ1n) is 6.12. The molecule has 0 aromatic heterocycles. The number of likely N-dealkylation sites (N-methyl/N-ethyl adjacent to an activating group) is 1. The summed E-state index contributed by atoms with van der Waals surface area (Å²) in [6, 6.07) is 2.88. The van der Waals surface area contributed by atoms with Gasteiger partial charge in [-0.3, -0.25) is 9.59 Å². The summed E-state index contributed by atoms with van der Waals surface area (Å²) in [4.78, 5) is 25.1. The van der Waals surface area contributed by atoms with Crippen LogP contribution in [0.5, 0.6) is 0 Å². The molecule has 21 heavy (non-hydrogen) atoms. The second-order valence-corrected chi connectivity index (χ2v) is 5.15. The van der Waals surface area contributed by atoms with Crippen LogP contribution in [0.15, 0.2) is 12.1 Å². The summed E-state index contributed by atoms with van der Waals surface area (Å²) in [7, 11) is 3.03. The highest BCUT2D eigenvalue weighted by atomic mass is 35.5. The van der Waals surface area contributed by atoms with Gasteiger partial charge in [0.1, 0.15) is 0 Å². The molecule has 1 aromatic carbocycles. The molecular formula is C13H17Cl2N3O3. The van der Waals surface area contributed by atoms with Gasteiger partial charge in [-0.05, 0) is 12.1 Å². The van der Waals surface area contributed by atoms with E-state index in [1.54, 1.807) is 0 Å². The van der Waals surface area contributed by atoms with E-state index in [0.29, 0.717) is 18.8 Å². The molecule has 1 rings (SSSR count). The van der Waals surface area contributed by atoms with Crippen molar-refractivity contribution in [3.8, 4) is 0 Å². The van der Waals surface area contributed by atoms with Gasteiger partial charge in [-0.25, -0.2) is 0 Å². The minimum atomic E-state index is -0.434. The number of nitrogens with zero attached hydrogens (tertiary/aromatic N) is 1. The molecule has 0 fully saturated rings. The van der Waals surface area contributed by atoms with Crippen molar-refractivity contribution in [3.05, 3.63) is 27.7 Å². The monoisotopic (exact) mass is 333 g/mol. The third kappa shape index (κ3) is 5.08. The fourth-order valence-corrected chi connectivity index (χ4v) is 2.02. The fraction of sp³-hybridized carbons (Fsp3) is 0.385. The Hall–Kier alpha value is -1.50. The SMILES string of the molecule is COCCNC(=O)CN(C)C(=O)c1cc(N)cc(Cl)c1Cl. The molecule has 0 saturated heterocycles. The molecule has 0 aliphatic heterocycles. The number of carbonyl (C=O) groups is 2. The lowest BCUT2D eigenvalue weighted by atomic mass is 10.1. The molecule has 3 N–H and O–H groups in total.